The molecule has 158 valence electrons. The van der Waals surface area contributed by atoms with Gasteiger partial charge in [0, 0.05) is 12.8 Å². The Morgan fingerprint density at radius 3 is 1.56 bits per heavy atom. The fraction of sp³-hybridized carbons (Fsp3) is 0.852. The first kappa shape index (κ1) is 26.6. The van der Waals surface area contributed by atoms with E-state index in [4.69, 9.17) is 0 Å². The zero-order chi connectivity index (χ0) is 20.0. The zero-order valence-corrected chi connectivity index (χ0v) is 19.0. The summed E-state index contributed by atoms with van der Waals surface area (Å²) < 4.78 is 0. The molecule has 0 aliphatic carbocycles. The molecule has 0 N–H and O–H groups in total. The summed E-state index contributed by atoms with van der Waals surface area (Å²) >= 11 is 0. The van der Waals surface area contributed by atoms with Gasteiger partial charge in [0.05, 0.1) is 0 Å². The van der Waals surface area contributed by atoms with E-state index in [0.717, 1.165) is 37.5 Å². The van der Waals surface area contributed by atoms with Gasteiger partial charge < -0.3 is 0 Å². The van der Waals surface area contributed by atoms with Crippen LogP contribution in [0.3, 0.4) is 0 Å². The summed E-state index contributed by atoms with van der Waals surface area (Å²) in [5, 5.41) is 0. The molecule has 0 aromatic rings. The highest BCUT2D eigenvalue weighted by atomic mass is 14.1. The second kappa shape index (κ2) is 21.9. The Balaban J connectivity index is 3.19. The molecule has 0 aliphatic rings. The predicted molar refractivity (Wildman–Crippen MR) is 125 cm³/mol. The quantitative estimate of drug-likeness (QED) is 0.156. The molecule has 0 saturated heterocycles. The third-order valence-electron chi connectivity index (χ3n) is 5.78. The highest BCUT2D eigenvalue weighted by Crippen LogP contribution is 2.17. The van der Waals surface area contributed by atoms with E-state index in [1.165, 1.54) is 96.3 Å². The van der Waals surface area contributed by atoms with E-state index in [2.05, 4.69) is 39.5 Å². The van der Waals surface area contributed by atoms with E-state index in [0.29, 0.717) is 0 Å². The smallest absolute Gasteiger partial charge is 0.00912 e. The second-order valence-corrected chi connectivity index (χ2v) is 8.81. The summed E-state index contributed by atoms with van der Waals surface area (Å²) in [6.45, 7) is 12.6. The topological polar surface area (TPSA) is 0 Å². The Morgan fingerprint density at radius 1 is 0.481 bits per heavy atom. The summed E-state index contributed by atoms with van der Waals surface area (Å²) in [7, 11) is 0. The lowest BCUT2D eigenvalue weighted by atomic mass is 9.97. The Kier molecular flexibility index (Phi) is 21.5. The van der Waals surface area contributed by atoms with Crippen LogP contribution >= 0.6 is 0 Å². The van der Waals surface area contributed by atoms with Gasteiger partial charge in [-0.05, 0) is 24.7 Å². The van der Waals surface area contributed by atoms with E-state index in [9.17, 15) is 0 Å². The van der Waals surface area contributed by atoms with Crippen molar-refractivity contribution < 1.29 is 0 Å². The molecular formula is C27H50. The van der Waals surface area contributed by atoms with Gasteiger partial charge in [-0.2, -0.15) is 0 Å². The van der Waals surface area contributed by atoms with Crippen molar-refractivity contribution in [2.24, 2.45) is 11.8 Å². The molecule has 0 aliphatic heterocycles. The summed E-state index contributed by atoms with van der Waals surface area (Å²) in [5.74, 6) is 8.43. The highest BCUT2D eigenvalue weighted by Gasteiger charge is 2.01. The molecule has 2 radical (unpaired) electrons. The van der Waals surface area contributed by atoms with Gasteiger partial charge in [0.25, 0.3) is 0 Å². The van der Waals surface area contributed by atoms with Crippen LogP contribution in [-0.2, 0) is 0 Å². The van der Waals surface area contributed by atoms with Crippen LogP contribution in [0.25, 0.3) is 0 Å². The molecule has 0 aromatic carbocycles. The van der Waals surface area contributed by atoms with Crippen LogP contribution in [0.2, 0.25) is 0 Å². The monoisotopic (exact) mass is 374 g/mol. The molecule has 2 atom stereocenters. The van der Waals surface area contributed by atoms with Crippen molar-refractivity contribution in [1.29, 1.82) is 0 Å². The molecule has 0 nitrogen and oxygen atoms in total. The molecule has 0 spiro atoms. The highest BCUT2D eigenvalue weighted by molar-refractivity contribution is 4.98. The first-order valence-electron chi connectivity index (χ1n) is 12.2. The normalized spacial score (nSPS) is 13.2. The van der Waals surface area contributed by atoms with Crippen molar-refractivity contribution >= 4 is 0 Å². The molecule has 0 bridgehead atoms. The molecule has 27 heavy (non-hydrogen) atoms. The van der Waals surface area contributed by atoms with Crippen LogP contribution in [0.1, 0.15) is 136 Å². The summed E-state index contributed by atoms with van der Waals surface area (Å²) in [4.78, 5) is 0. The van der Waals surface area contributed by atoms with Gasteiger partial charge in [-0.3, -0.25) is 0 Å². The van der Waals surface area contributed by atoms with Crippen LogP contribution in [0, 0.1) is 37.5 Å². The van der Waals surface area contributed by atoms with Crippen LogP contribution in [0.5, 0.6) is 0 Å². The Labute approximate surface area is 173 Å². The van der Waals surface area contributed by atoms with E-state index >= 15 is 0 Å². The molecule has 0 rings (SSSR count). The van der Waals surface area contributed by atoms with E-state index < -0.39 is 0 Å². The largest absolute Gasteiger partial charge is 0.103 e. The third kappa shape index (κ3) is 21.7. The van der Waals surface area contributed by atoms with E-state index in [1.54, 1.807) is 0 Å². The number of hydrogen-bond acceptors (Lipinski definition) is 0. The molecule has 0 aromatic heterocycles. The maximum Gasteiger partial charge on any atom is 0.00912 e. The molecule has 0 amide bonds. The first-order chi connectivity index (χ1) is 13.2. The lowest BCUT2D eigenvalue weighted by molar-refractivity contribution is 0.444. The van der Waals surface area contributed by atoms with Gasteiger partial charge in [0.15, 0.2) is 0 Å². The SMILES string of the molecule is [CH2]CCCC(C)CCCCCCCCCCCCC#CCCC(C)CC[CH2]. The van der Waals surface area contributed by atoms with Gasteiger partial charge in [0.2, 0.25) is 0 Å². The molecule has 0 heteroatoms. The zero-order valence-electron chi connectivity index (χ0n) is 19.0. The minimum absolute atomic E-state index is 0.795. The fourth-order valence-corrected chi connectivity index (χ4v) is 3.75. The predicted octanol–water partition coefficient (Wildman–Crippen LogP) is 9.34. The minimum atomic E-state index is 0.795. The fourth-order valence-electron chi connectivity index (χ4n) is 3.75. The summed E-state index contributed by atoms with van der Waals surface area (Å²) in [6.07, 6.45) is 25.1. The van der Waals surface area contributed by atoms with Gasteiger partial charge in [-0.25, -0.2) is 0 Å². The minimum Gasteiger partial charge on any atom is -0.103 e. The molecule has 0 fully saturated rings. The molecular weight excluding hydrogens is 324 g/mol. The standard InChI is InChI=1S/C27H50/c1-5-7-23-27(4)25-21-19-17-15-13-11-9-8-10-12-14-16-18-20-24-26(3)22-6-2/h26-27H,1-2,5-15,17,19-25H2,3-4H3. The maximum atomic E-state index is 3.94. The average Bonchev–Trinajstić information content (AvgIpc) is 2.66. The van der Waals surface area contributed by atoms with Crippen LogP contribution < -0.4 is 0 Å². The van der Waals surface area contributed by atoms with Crippen LogP contribution in [0.15, 0.2) is 0 Å². The Morgan fingerprint density at radius 2 is 0.963 bits per heavy atom. The Bertz CT molecular complexity index is 332. The van der Waals surface area contributed by atoms with Crippen molar-refractivity contribution in [2.45, 2.75) is 136 Å². The van der Waals surface area contributed by atoms with Crippen molar-refractivity contribution in [3.05, 3.63) is 13.8 Å². The lowest BCUT2D eigenvalue weighted by Gasteiger charge is -2.10. The Hall–Kier alpha value is -0.440. The van der Waals surface area contributed by atoms with Crippen molar-refractivity contribution in [3.63, 3.8) is 0 Å². The third-order valence-corrected chi connectivity index (χ3v) is 5.78. The summed E-state index contributed by atoms with van der Waals surface area (Å²) in [5.41, 5.74) is 0. The van der Waals surface area contributed by atoms with Gasteiger partial charge in [0.1, 0.15) is 0 Å². The molecule has 2 unspecified atom stereocenters. The lowest BCUT2D eigenvalue weighted by Crippen LogP contribution is -1.94. The number of hydrogen-bond donors (Lipinski definition) is 0. The second-order valence-electron chi connectivity index (χ2n) is 8.81. The van der Waals surface area contributed by atoms with Crippen molar-refractivity contribution in [2.75, 3.05) is 0 Å². The number of unbranched alkanes of at least 4 members (excludes halogenated alkanes) is 11. The van der Waals surface area contributed by atoms with Crippen molar-refractivity contribution in [1.82, 2.24) is 0 Å². The van der Waals surface area contributed by atoms with E-state index in [1.807, 2.05) is 0 Å². The molecule has 0 saturated carbocycles. The van der Waals surface area contributed by atoms with Crippen molar-refractivity contribution in [3.8, 4) is 11.8 Å². The number of rotatable bonds is 19. The van der Waals surface area contributed by atoms with Crippen LogP contribution in [-0.4, -0.2) is 0 Å². The molecule has 0 heterocycles. The van der Waals surface area contributed by atoms with Gasteiger partial charge >= 0.3 is 0 Å². The maximum absolute atomic E-state index is 3.94. The van der Waals surface area contributed by atoms with Crippen LogP contribution in [0.4, 0.5) is 0 Å². The first-order valence-corrected chi connectivity index (χ1v) is 12.2. The average molecular weight is 375 g/mol. The van der Waals surface area contributed by atoms with Gasteiger partial charge in [-0.15, -0.1) is 11.8 Å². The summed E-state index contributed by atoms with van der Waals surface area (Å²) in [6, 6.07) is 0. The van der Waals surface area contributed by atoms with E-state index in [-0.39, 0.29) is 0 Å². The van der Waals surface area contributed by atoms with Gasteiger partial charge in [-0.1, -0.05) is 124 Å².